The zero-order valence-electron chi connectivity index (χ0n) is 5.61. The van der Waals surface area contributed by atoms with E-state index in [-0.39, 0.29) is 0 Å². The number of nitriles is 2. The van der Waals surface area contributed by atoms with Crippen molar-refractivity contribution in [2.45, 2.75) is 4.90 Å². The predicted molar refractivity (Wildman–Crippen MR) is 42.6 cm³/mol. The van der Waals surface area contributed by atoms with Crippen molar-refractivity contribution in [3.8, 4) is 11.5 Å². The summed E-state index contributed by atoms with van der Waals surface area (Å²) < 4.78 is 0. The van der Waals surface area contributed by atoms with Crippen LogP contribution < -0.4 is 0 Å². The van der Waals surface area contributed by atoms with Crippen LogP contribution in [0.1, 0.15) is 5.56 Å². The first-order valence-electron chi connectivity index (χ1n) is 2.93. The monoisotopic (exact) mass is 160 g/mol. The number of hydrogen-bond donors (Lipinski definition) is 0. The highest BCUT2D eigenvalue weighted by Crippen LogP contribution is 2.15. The first-order valence-corrected chi connectivity index (χ1v) is 3.74. The van der Waals surface area contributed by atoms with Crippen LogP contribution in [0.25, 0.3) is 0 Å². The Hall–Kier alpha value is -1.45. The summed E-state index contributed by atoms with van der Waals surface area (Å²) in [4.78, 5) is 0.867. The molecule has 52 valence electrons. The number of thiocyanates is 1. The average Bonchev–Trinajstić information content (AvgIpc) is 2.07. The molecule has 0 N–H and O–H groups in total. The molecule has 0 saturated carbocycles. The predicted octanol–water partition coefficient (Wildman–Crippen LogP) is 2.13. The third kappa shape index (κ3) is 2.00. The second-order valence-electron chi connectivity index (χ2n) is 1.83. The zero-order valence-corrected chi connectivity index (χ0v) is 6.43. The molecule has 0 aliphatic rings. The maximum absolute atomic E-state index is 8.44. The van der Waals surface area contributed by atoms with Crippen LogP contribution in [0, 0.1) is 22.0 Å². The normalized spacial score (nSPS) is 8.18. The Labute approximate surface area is 69.1 Å². The van der Waals surface area contributed by atoms with Crippen LogP contribution >= 0.6 is 11.8 Å². The van der Waals surface area contributed by atoms with Gasteiger partial charge in [0, 0.05) is 4.90 Å². The Morgan fingerprint density at radius 1 is 1.09 bits per heavy atom. The molecule has 0 bridgehead atoms. The summed E-state index contributed by atoms with van der Waals surface area (Å²) >= 11 is 1.09. The first kappa shape index (κ1) is 7.65. The fourth-order valence-corrected chi connectivity index (χ4v) is 1.03. The van der Waals surface area contributed by atoms with Gasteiger partial charge in [-0.25, -0.2) is 0 Å². The van der Waals surface area contributed by atoms with Crippen LogP contribution in [0.15, 0.2) is 29.2 Å². The van der Waals surface area contributed by atoms with Crippen molar-refractivity contribution in [2.24, 2.45) is 0 Å². The molecule has 3 heteroatoms. The summed E-state index contributed by atoms with van der Waals surface area (Å²) in [6.07, 6.45) is 0. The molecule has 2 nitrogen and oxygen atoms in total. The Morgan fingerprint density at radius 2 is 1.73 bits per heavy atom. The SMILES string of the molecule is N#CSc1ccc(C#N)cc1. The molecule has 1 aromatic rings. The van der Waals surface area contributed by atoms with E-state index in [0.29, 0.717) is 5.56 Å². The van der Waals surface area contributed by atoms with E-state index < -0.39 is 0 Å². The summed E-state index contributed by atoms with van der Waals surface area (Å²) in [6.45, 7) is 0. The highest BCUT2D eigenvalue weighted by atomic mass is 32.2. The molecular weight excluding hydrogens is 156 g/mol. The molecule has 0 aliphatic carbocycles. The van der Waals surface area contributed by atoms with E-state index in [9.17, 15) is 0 Å². The van der Waals surface area contributed by atoms with Crippen molar-refractivity contribution in [1.29, 1.82) is 10.5 Å². The Balaban J connectivity index is 2.87. The molecule has 1 aromatic carbocycles. The van der Waals surface area contributed by atoms with Crippen LogP contribution in [0.4, 0.5) is 0 Å². The molecule has 0 saturated heterocycles. The van der Waals surface area contributed by atoms with Gasteiger partial charge in [-0.05, 0) is 36.0 Å². The number of hydrogen-bond acceptors (Lipinski definition) is 3. The first-order chi connectivity index (χ1) is 5.36. The lowest BCUT2D eigenvalue weighted by Gasteiger charge is -1.90. The largest absolute Gasteiger partial charge is 0.192 e. The molecule has 0 spiro atoms. The minimum absolute atomic E-state index is 0.618. The van der Waals surface area contributed by atoms with Crippen LogP contribution in [0.5, 0.6) is 0 Å². The Kier molecular flexibility index (Phi) is 2.54. The lowest BCUT2D eigenvalue weighted by molar-refractivity contribution is 1.42. The van der Waals surface area contributed by atoms with Crippen molar-refractivity contribution < 1.29 is 0 Å². The van der Waals surface area contributed by atoms with E-state index in [2.05, 4.69) is 0 Å². The smallest absolute Gasteiger partial charge is 0.138 e. The van der Waals surface area contributed by atoms with Gasteiger partial charge in [-0.1, -0.05) is 0 Å². The van der Waals surface area contributed by atoms with E-state index in [1.54, 1.807) is 24.3 Å². The molecular formula is C8H4N2S. The second-order valence-corrected chi connectivity index (χ2v) is 2.69. The van der Waals surface area contributed by atoms with Gasteiger partial charge in [-0.15, -0.1) is 0 Å². The topological polar surface area (TPSA) is 47.6 Å². The Bertz CT molecular complexity index is 315. The molecule has 0 amide bonds. The zero-order chi connectivity index (χ0) is 8.10. The van der Waals surface area contributed by atoms with Gasteiger partial charge < -0.3 is 0 Å². The summed E-state index contributed by atoms with van der Waals surface area (Å²) in [7, 11) is 0. The van der Waals surface area contributed by atoms with Crippen molar-refractivity contribution in [3.05, 3.63) is 29.8 Å². The number of benzene rings is 1. The summed E-state index contributed by atoms with van der Waals surface area (Å²) in [5.74, 6) is 0. The van der Waals surface area contributed by atoms with Gasteiger partial charge in [-0.2, -0.15) is 10.5 Å². The maximum atomic E-state index is 8.44. The van der Waals surface area contributed by atoms with E-state index in [1.807, 2.05) is 11.5 Å². The fourth-order valence-electron chi connectivity index (χ4n) is 0.650. The number of nitrogens with zero attached hydrogens (tertiary/aromatic N) is 2. The fraction of sp³-hybridized carbons (Fsp3) is 0. The summed E-state index contributed by atoms with van der Waals surface area (Å²) in [6, 6.07) is 8.91. The highest BCUT2D eigenvalue weighted by molar-refractivity contribution is 8.03. The van der Waals surface area contributed by atoms with Crippen LogP contribution in [-0.4, -0.2) is 0 Å². The van der Waals surface area contributed by atoms with Crippen LogP contribution in [0.2, 0.25) is 0 Å². The minimum atomic E-state index is 0.618. The van der Waals surface area contributed by atoms with Crippen molar-refractivity contribution in [1.82, 2.24) is 0 Å². The quantitative estimate of drug-likeness (QED) is 0.467. The molecule has 0 aromatic heterocycles. The summed E-state index contributed by atoms with van der Waals surface area (Å²) in [5.41, 5.74) is 0.618. The Morgan fingerprint density at radius 3 is 2.18 bits per heavy atom. The maximum Gasteiger partial charge on any atom is 0.138 e. The molecule has 0 heterocycles. The third-order valence-corrected chi connectivity index (χ3v) is 1.75. The highest BCUT2D eigenvalue weighted by Gasteiger charge is 1.91. The molecule has 0 unspecified atom stereocenters. The van der Waals surface area contributed by atoms with Gasteiger partial charge in [0.05, 0.1) is 11.6 Å². The van der Waals surface area contributed by atoms with Gasteiger partial charge in [0.2, 0.25) is 0 Å². The minimum Gasteiger partial charge on any atom is -0.192 e. The van der Waals surface area contributed by atoms with Gasteiger partial charge in [0.1, 0.15) is 5.40 Å². The van der Waals surface area contributed by atoms with E-state index in [1.165, 1.54) is 0 Å². The third-order valence-electron chi connectivity index (χ3n) is 1.15. The average molecular weight is 160 g/mol. The van der Waals surface area contributed by atoms with Gasteiger partial charge >= 0.3 is 0 Å². The molecule has 0 aliphatic heterocycles. The van der Waals surface area contributed by atoms with E-state index in [4.69, 9.17) is 10.5 Å². The second kappa shape index (κ2) is 3.65. The molecule has 0 atom stereocenters. The molecule has 11 heavy (non-hydrogen) atoms. The van der Waals surface area contributed by atoms with Gasteiger partial charge in [0.25, 0.3) is 0 Å². The molecule has 0 fully saturated rings. The van der Waals surface area contributed by atoms with Crippen molar-refractivity contribution >= 4 is 11.8 Å². The lowest BCUT2D eigenvalue weighted by Crippen LogP contribution is -1.72. The van der Waals surface area contributed by atoms with Gasteiger partial charge in [-0.3, -0.25) is 0 Å². The summed E-state index contributed by atoms with van der Waals surface area (Å²) in [5, 5.41) is 18.7. The van der Waals surface area contributed by atoms with Crippen LogP contribution in [-0.2, 0) is 0 Å². The number of rotatable bonds is 1. The van der Waals surface area contributed by atoms with Crippen molar-refractivity contribution in [3.63, 3.8) is 0 Å². The van der Waals surface area contributed by atoms with E-state index >= 15 is 0 Å². The van der Waals surface area contributed by atoms with Gasteiger partial charge in [0.15, 0.2) is 0 Å². The number of thioether (sulfide) groups is 1. The standard InChI is InChI=1S/C8H4N2S/c9-5-7-1-3-8(4-2-7)11-6-10/h1-4H. The molecule has 0 radical (unpaired) electrons. The van der Waals surface area contributed by atoms with Crippen LogP contribution in [0.3, 0.4) is 0 Å². The molecule has 1 rings (SSSR count). The van der Waals surface area contributed by atoms with Crippen molar-refractivity contribution in [2.75, 3.05) is 0 Å². The van der Waals surface area contributed by atoms with E-state index in [0.717, 1.165) is 16.7 Å². The lowest BCUT2D eigenvalue weighted by atomic mass is 10.2.